The molecule has 0 aromatic carbocycles. The number of aliphatic carboxylic acids is 1. The van der Waals surface area contributed by atoms with Crippen LogP contribution in [-0.2, 0) is 14.3 Å². The fourth-order valence-electron chi connectivity index (χ4n) is 3.14. The van der Waals surface area contributed by atoms with Gasteiger partial charge in [0.05, 0.1) is 19.1 Å². The van der Waals surface area contributed by atoms with Gasteiger partial charge in [0, 0.05) is 18.7 Å². The van der Waals surface area contributed by atoms with Crippen LogP contribution in [0.2, 0.25) is 0 Å². The molecule has 21 heavy (non-hydrogen) atoms. The fourth-order valence-corrected chi connectivity index (χ4v) is 3.14. The third-order valence-corrected chi connectivity index (χ3v) is 4.43. The van der Waals surface area contributed by atoms with Crippen LogP contribution in [0.25, 0.3) is 0 Å². The summed E-state index contributed by atoms with van der Waals surface area (Å²) in [5, 5.41) is 11.9. The van der Waals surface area contributed by atoms with E-state index in [9.17, 15) is 9.59 Å². The molecule has 2 rings (SSSR count). The highest BCUT2D eigenvalue weighted by atomic mass is 16.5. The van der Waals surface area contributed by atoms with Crippen LogP contribution in [0, 0.1) is 0 Å². The first-order valence-electron chi connectivity index (χ1n) is 7.95. The van der Waals surface area contributed by atoms with Crippen molar-refractivity contribution in [2.45, 2.75) is 63.6 Å². The zero-order chi connectivity index (χ0) is 15.2. The molecule has 0 spiro atoms. The molecule has 1 heterocycles. The van der Waals surface area contributed by atoms with Gasteiger partial charge in [-0.25, -0.2) is 0 Å². The zero-order valence-electron chi connectivity index (χ0n) is 12.7. The van der Waals surface area contributed by atoms with E-state index in [-0.39, 0.29) is 30.6 Å². The van der Waals surface area contributed by atoms with Crippen molar-refractivity contribution < 1.29 is 19.4 Å². The predicted octanol–water partition coefficient (Wildman–Crippen LogP) is 0.999. The average molecular weight is 298 g/mol. The Morgan fingerprint density at radius 1 is 1.33 bits per heavy atom. The molecule has 1 saturated heterocycles. The summed E-state index contributed by atoms with van der Waals surface area (Å²) in [6.07, 6.45) is 5.44. The van der Waals surface area contributed by atoms with E-state index in [2.05, 4.69) is 5.32 Å². The molecule has 0 aromatic heterocycles. The maximum absolute atomic E-state index is 11.9. The SMILES string of the molecule is CCN(CC(=O)O)C1CC(NC(=O)CC2CCCCO2)C1. The van der Waals surface area contributed by atoms with Gasteiger partial charge in [-0.15, -0.1) is 0 Å². The molecule has 120 valence electrons. The average Bonchev–Trinajstić information content (AvgIpc) is 2.41. The van der Waals surface area contributed by atoms with Crippen LogP contribution < -0.4 is 5.32 Å². The molecule has 1 aliphatic heterocycles. The van der Waals surface area contributed by atoms with E-state index in [1.54, 1.807) is 0 Å². The minimum atomic E-state index is -0.793. The van der Waals surface area contributed by atoms with Crippen LogP contribution >= 0.6 is 0 Å². The van der Waals surface area contributed by atoms with Gasteiger partial charge in [-0.2, -0.15) is 0 Å². The molecule has 2 aliphatic rings. The Kier molecular flexibility index (Phi) is 5.99. The second kappa shape index (κ2) is 7.75. The summed E-state index contributed by atoms with van der Waals surface area (Å²) in [4.78, 5) is 24.7. The molecule has 2 N–H and O–H groups in total. The third kappa shape index (κ3) is 4.97. The lowest BCUT2D eigenvalue weighted by molar-refractivity contribution is -0.140. The van der Waals surface area contributed by atoms with E-state index in [0.717, 1.165) is 45.3 Å². The van der Waals surface area contributed by atoms with E-state index in [1.165, 1.54) is 0 Å². The second-order valence-electron chi connectivity index (χ2n) is 6.04. The molecule has 1 amide bonds. The van der Waals surface area contributed by atoms with Gasteiger partial charge < -0.3 is 15.2 Å². The smallest absolute Gasteiger partial charge is 0.317 e. The maximum Gasteiger partial charge on any atom is 0.317 e. The highest BCUT2D eigenvalue weighted by Gasteiger charge is 2.34. The number of nitrogens with zero attached hydrogens (tertiary/aromatic N) is 1. The number of hydrogen-bond acceptors (Lipinski definition) is 4. The number of nitrogens with one attached hydrogen (secondary N) is 1. The molecular weight excluding hydrogens is 272 g/mol. The molecule has 0 aromatic rings. The first-order chi connectivity index (χ1) is 10.1. The molecule has 1 unspecified atom stereocenters. The number of carboxylic acid groups (broad SMARTS) is 1. The predicted molar refractivity (Wildman–Crippen MR) is 78.0 cm³/mol. The minimum Gasteiger partial charge on any atom is -0.480 e. The Morgan fingerprint density at radius 3 is 2.67 bits per heavy atom. The number of carboxylic acids is 1. The minimum absolute atomic E-state index is 0.0617. The van der Waals surface area contributed by atoms with Crippen LogP contribution in [0.1, 0.15) is 45.4 Å². The van der Waals surface area contributed by atoms with Crippen molar-refractivity contribution in [3.8, 4) is 0 Å². The summed E-state index contributed by atoms with van der Waals surface area (Å²) >= 11 is 0. The van der Waals surface area contributed by atoms with Crippen molar-refractivity contribution >= 4 is 11.9 Å². The first-order valence-corrected chi connectivity index (χ1v) is 7.95. The number of hydrogen-bond donors (Lipinski definition) is 2. The Bertz CT molecular complexity index is 363. The number of amides is 1. The number of carbonyl (C=O) groups excluding carboxylic acids is 1. The monoisotopic (exact) mass is 298 g/mol. The molecule has 0 radical (unpaired) electrons. The standard InChI is InChI=1S/C15H26N2O4/c1-2-17(10-15(19)20)12-7-11(8-12)16-14(18)9-13-5-3-4-6-21-13/h11-13H,2-10H2,1H3,(H,16,18)(H,19,20). The van der Waals surface area contributed by atoms with E-state index in [1.807, 2.05) is 11.8 Å². The van der Waals surface area contributed by atoms with Crippen LogP contribution in [0.15, 0.2) is 0 Å². The van der Waals surface area contributed by atoms with Gasteiger partial charge in [-0.05, 0) is 38.6 Å². The molecule has 1 saturated carbocycles. The van der Waals surface area contributed by atoms with E-state index in [0.29, 0.717) is 6.42 Å². The Balaban J connectivity index is 1.64. The van der Waals surface area contributed by atoms with Crippen molar-refractivity contribution in [3.05, 3.63) is 0 Å². The molecule has 1 aliphatic carbocycles. The van der Waals surface area contributed by atoms with E-state index >= 15 is 0 Å². The van der Waals surface area contributed by atoms with Gasteiger partial charge in [0.1, 0.15) is 0 Å². The highest BCUT2D eigenvalue weighted by Crippen LogP contribution is 2.26. The maximum atomic E-state index is 11.9. The number of rotatable bonds is 7. The summed E-state index contributed by atoms with van der Waals surface area (Å²) < 4.78 is 5.57. The van der Waals surface area contributed by atoms with Crippen molar-refractivity contribution in [2.75, 3.05) is 19.7 Å². The van der Waals surface area contributed by atoms with Gasteiger partial charge in [0.2, 0.25) is 5.91 Å². The Hall–Kier alpha value is -1.14. The first kappa shape index (κ1) is 16.2. The Labute approximate surface area is 125 Å². The molecule has 0 bridgehead atoms. The van der Waals surface area contributed by atoms with Gasteiger partial charge in [0.15, 0.2) is 0 Å². The molecule has 1 atom stereocenters. The molecule has 6 nitrogen and oxygen atoms in total. The second-order valence-corrected chi connectivity index (χ2v) is 6.04. The number of likely N-dealkylation sites (N-methyl/N-ethyl adjacent to an activating group) is 1. The van der Waals surface area contributed by atoms with Crippen LogP contribution in [0.3, 0.4) is 0 Å². The third-order valence-electron chi connectivity index (χ3n) is 4.43. The fraction of sp³-hybridized carbons (Fsp3) is 0.867. The van der Waals surface area contributed by atoms with Crippen LogP contribution in [-0.4, -0.2) is 59.8 Å². The van der Waals surface area contributed by atoms with Crippen LogP contribution in [0.4, 0.5) is 0 Å². The van der Waals surface area contributed by atoms with E-state index < -0.39 is 5.97 Å². The largest absolute Gasteiger partial charge is 0.480 e. The number of ether oxygens (including phenoxy) is 1. The summed E-state index contributed by atoms with van der Waals surface area (Å²) in [6, 6.07) is 0.469. The quantitative estimate of drug-likeness (QED) is 0.733. The van der Waals surface area contributed by atoms with Gasteiger partial charge in [0.25, 0.3) is 0 Å². The summed E-state index contributed by atoms with van der Waals surface area (Å²) in [6.45, 7) is 3.55. The van der Waals surface area contributed by atoms with E-state index in [4.69, 9.17) is 9.84 Å². The summed E-state index contributed by atoms with van der Waals surface area (Å²) in [5.41, 5.74) is 0. The summed E-state index contributed by atoms with van der Waals surface area (Å²) in [5.74, 6) is -0.731. The van der Waals surface area contributed by atoms with Gasteiger partial charge >= 0.3 is 5.97 Å². The Morgan fingerprint density at radius 2 is 2.10 bits per heavy atom. The zero-order valence-corrected chi connectivity index (χ0v) is 12.7. The normalized spacial score (nSPS) is 29.0. The van der Waals surface area contributed by atoms with Crippen molar-refractivity contribution in [3.63, 3.8) is 0 Å². The summed E-state index contributed by atoms with van der Waals surface area (Å²) in [7, 11) is 0. The molecule has 2 fully saturated rings. The number of carbonyl (C=O) groups is 2. The van der Waals surface area contributed by atoms with Crippen LogP contribution in [0.5, 0.6) is 0 Å². The lowest BCUT2D eigenvalue weighted by Crippen LogP contribution is -2.55. The van der Waals surface area contributed by atoms with Crippen molar-refractivity contribution in [1.82, 2.24) is 10.2 Å². The molecular formula is C15H26N2O4. The lowest BCUT2D eigenvalue weighted by atomic mass is 9.85. The van der Waals surface area contributed by atoms with Crippen molar-refractivity contribution in [2.24, 2.45) is 0 Å². The van der Waals surface area contributed by atoms with Gasteiger partial charge in [-0.3, -0.25) is 14.5 Å². The topological polar surface area (TPSA) is 78.9 Å². The highest BCUT2D eigenvalue weighted by molar-refractivity contribution is 5.77. The van der Waals surface area contributed by atoms with Crippen molar-refractivity contribution in [1.29, 1.82) is 0 Å². The lowest BCUT2D eigenvalue weighted by Gasteiger charge is -2.42. The molecule has 6 heteroatoms. The van der Waals surface area contributed by atoms with Gasteiger partial charge in [-0.1, -0.05) is 6.92 Å².